The highest BCUT2D eigenvalue weighted by Gasteiger charge is 2.06. The van der Waals surface area contributed by atoms with E-state index in [1.165, 1.54) is 6.20 Å². The second-order valence-corrected chi connectivity index (χ2v) is 5.34. The fraction of sp³-hybridized carbons (Fsp3) is 0.529. The van der Waals surface area contributed by atoms with Crippen LogP contribution >= 0.6 is 12.4 Å². The summed E-state index contributed by atoms with van der Waals surface area (Å²) in [5.41, 5.74) is 0.561. The lowest BCUT2D eigenvalue weighted by Crippen LogP contribution is -2.03. The van der Waals surface area contributed by atoms with Gasteiger partial charge in [0.15, 0.2) is 11.5 Å². The number of rotatable bonds is 11. The molecule has 0 aromatic carbocycles. The average molecular weight is 360 g/mol. The zero-order chi connectivity index (χ0) is 17.1. The van der Waals surface area contributed by atoms with E-state index in [0.29, 0.717) is 18.5 Å². The molecule has 24 heavy (non-hydrogen) atoms. The van der Waals surface area contributed by atoms with Gasteiger partial charge in [-0.15, -0.1) is 12.4 Å². The highest BCUT2D eigenvalue weighted by Crippen LogP contribution is 2.26. The molecule has 136 valence electrons. The molecular weight excluding hydrogens is 334 g/mol. The molecule has 7 heteroatoms. The summed E-state index contributed by atoms with van der Waals surface area (Å²) >= 11 is 0. The van der Waals surface area contributed by atoms with E-state index in [1.807, 2.05) is 0 Å². The number of ether oxygens (including phenoxy) is 1. The molecule has 0 amide bonds. The van der Waals surface area contributed by atoms with Crippen LogP contribution in [-0.4, -0.2) is 39.0 Å². The summed E-state index contributed by atoms with van der Waals surface area (Å²) in [5.74, 6) is -0.722. The highest BCUT2D eigenvalue weighted by atomic mass is 35.5. The number of carbonyl (C=O) groups is 1. The topological polar surface area (TPSA) is 99.9 Å². The summed E-state index contributed by atoms with van der Waals surface area (Å²) in [4.78, 5) is 14.5. The number of nitrogens with zero attached hydrogens (tertiary/aromatic N) is 1. The van der Waals surface area contributed by atoms with E-state index in [9.17, 15) is 15.0 Å². The lowest BCUT2D eigenvalue weighted by molar-refractivity contribution is -0.137. The summed E-state index contributed by atoms with van der Waals surface area (Å²) < 4.78 is 5.36. The van der Waals surface area contributed by atoms with Crippen LogP contribution in [0.5, 0.6) is 11.5 Å². The van der Waals surface area contributed by atoms with E-state index in [1.54, 1.807) is 18.2 Å². The van der Waals surface area contributed by atoms with Crippen molar-refractivity contribution in [3.05, 3.63) is 24.0 Å². The number of hydrogen-bond donors (Lipinski definition) is 3. The number of aliphatic hydroxyl groups is 1. The molecule has 0 fully saturated rings. The molecule has 3 N–H and O–H groups in total. The molecule has 0 saturated carbocycles. The minimum absolute atomic E-state index is 0. The maximum absolute atomic E-state index is 10.4. The van der Waals surface area contributed by atoms with Crippen LogP contribution in [0.3, 0.4) is 0 Å². The smallest absolute Gasteiger partial charge is 0.303 e. The summed E-state index contributed by atoms with van der Waals surface area (Å²) in [5, 5.41) is 28.1. The van der Waals surface area contributed by atoms with E-state index in [4.69, 9.17) is 9.84 Å². The molecule has 1 aromatic heterocycles. The first-order chi connectivity index (χ1) is 11.0. The third kappa shape index (κ3) is 9.37. The Bertz CT molecular complexity index is 522. The number of aliphatic hydroxyl groups excluding tert-OH is 1. The number of hydrogen-bond acceptors (Lipinski definition) is 5. The molecule has 1 unspecified atom stereocenters. The molecule has 0 bridgehead atoms. The normalized spacial score (nSPS) is 11.9. The Morgan fingerprint density at radius 3 is 2.79 bits per heavy atom. The number of unbranched alkanes of at least 4 members (excludes halogenated alkanes) is 2. The third-order valence-corrected chi connectivity index (χ3v) is 3.25. The molecule has 6 nitrogen and oxygen atoms in total. The van der Waals surface area contributed by atoms with E-state index in [-0.39, 0.29) is 36.9 Å². The van der Waals surface area contributed by atoms with Crippen molar-refractivity contribution in [3.63, 3.8) is 0 Å². The van der Waals surface area contributed by atoms with Gasteiger partial charge in [0.2, 0.25) is 0 Å². The van der Waals surface area contributed by atoms with Gasteiger partial charge in [0.25, 0.3) is 0 Å². The monoisotopic (exact) mass is 359 g/mol. The molecule has 1 aromatic rings. The maximum atomic E-state index is 10.4. The van der Waals surface area contributed by atoms with Crippen molar-refractivity contribution in [1.29, 1.82) is 0 Å². The van der Waals surface area contributed by atoms with Gasteiger partial charge in [-0.1, -0.05) is 32.3 Å². The Morgan fingerprint density at radius 2 is 2.12 bits per heavy atom. The first kappa shape index (κ1) is 22.2. The second kappa shape index (κ2) is 12.6. The largest absolute Gasteiger partial charge is 0.503 e. The average Bonchev–Trinajstić information content (AvgIpc) is 2.52. The van der Waals surface area contributed by atoms with Crippen molar-refractivity contribution in [2.45, 2.75) is 51.6 Å². The van der Waals surface area contributed by atoms with Crippen LogP contribution in [0, 0.1) is 0 Å². The van der Waals surface area contributed by atoms with Gasteiger partial charge in [-0.2, -0.15) is 0 Å². The molecule has 0 spiro atoms. The van der Waals surface area contributed by atoms with Gasteiger partial charge in [0.1, 0.15) is 0 Å². The zero-order valence-electron chi connectivity index (χ0n) is 13.9. The van der Waals surface area contributed by atoms with Crippen LogP contribution < -0.4 is 4.74 Å². The predicted octanol–water partition coefficient (Wildman–Crippen LogP) is 3.41. The van der Waals surface area contributed by atoms with Gasteiger partial charge in [0.05, 0.1) is 24.6 Å². The van der Waals surface area contributed by atoms with Crippen molar-refractivity contribution in [1.82, 2.24) is 4.98 Å². The van der Waals surface area contributed by atoms with Crippen molar-refractivity contribution in [3.8, 4) is 11.5 Å². The molecule has 0 aliphatic carbocycles. The maximum Gasteiger partial charge on any atom is 0.303 e. The van der Waals surface area contributed by atoms with Crippen molar-refractivity contribution in [2.75, 3.05) is 6.61 Å². The Hall–Kier alpha value is -1.79. The minimum atomic E-state index is -0.881. The molecule has 0 aliphatic heterocycles. The first-order valence-electron chi connectivity index (χ1n) is 7.92. The number of aromatic nitrogens is 1. The second-order valence-electron chi connectivity index (χ2n) is 5.34. The molecule has 0 radical (unpaired) electrons. The summed E-state index contributed by atoms with van der Waals surface area (Å²) in [6, 6.07) is 1.56. The Balaban J connectivity index is 0.00000529. The van der Waals surface area contributed by atoms with E-state index in [0.717, 1.165) is 19.3 Å². The summed E-state index contributed by atoms with van der Waals surface area (Å²) in [6.45, 7) is 2.31. The number of carboxylic acids is 1. The Kier molecular flexibility index (Phi) is 11.7. The van der Waals surface area contributed by atoms with Gasteiger partial charge < -0.3 is 20.1 Å². The highest BCUT2D eigenvalue weighted by molar-refractivity contribution is 5.85. The van der Waals surface area contributed by atoms with Crippen LogP contribution in [0.15, 0.2) is 18.3 Å². The third-order valence-electron chi connectivity index (χ3n) is 3.25. The number of aromatic hydroxyl groups is 1. The Labute approximate surface area is 148 Å². The van der Waals surface area contributed by atoms with Gasteiger partial charge in [-0.3, -0.25) is 9.78 Å². The van der Waals surface area contributed by atoms with Crippen LogP contribution in [0.4, 0.5) is 0 Å². The number of pyridine rings is 1. The fourth-order valence-electron chi connectivity index (χ4n) is 1.97. The zero-order valence-corrected chi connectivity index (χ0v) is 14.7. The molecule has 0 aliphatic rings. The van der Waals surface area contributed by atoms with Crippen molar-refractivity contribution < 1.29 is 24.9 Å². The molecule has 0 saturated heterocycles. The van der Waals surface area contributed by atoms with Crippen LogP contribution in [0.25, 0.3) is 6.08 Å². The van der Waals surface area contributed by atoms with Gasteiger partial charge in [0, 0.05) is 12.5 Å². The standard InChI is InChI=1S/C17H25NO5.ClH/c1-2-3-4-6-14(19)9-8-13-11-16(15(20)12-18-13)23-10-5-7-17(21)22;/h8-9,11-12,14,19-20H,2-7,10H2,1H3,(H,21,22);1H/b9-8+;. The van der Waals surface area contributed by atoms with Gasteiger partial charge >= 0.3 is 5.97 Å². The quantitative estimate of drug-likeness (QED) is 0.523. The van der Waals surface area contributed by atoms with Crippen LogP contribution in [-0.2, 0) is 4.79 Å². The van der Waals surface area contributed by atoms with E-state index < -0.39 is 12.1 Å². The van der Waals surface area contributed by atoms with Crippen molar-refractivity contribution in [2.24, 2.45) is 0 Å². The molecule has 1 rings (SSSR count). The Morgan fingerprint density at radius 1 is 1.38 bits per heavy atom. The van der Waals surface area contributed by atoms with Crippen molar-refractivity contribution >= 4 is 24.5 Å². The first-order valence-corrected chi connectivity index (χ1v) is 7.92. The fourth-order valence-corrected chi connectivity index (χ4v) is 1.97. The van der Waals surface area contributed by atoms with E-state index >= 15 is 0 Å². The predicted molar refractivity (Wildman–Crippen MR) is 94.7 cm³/mol. The van der Waals surface area contributed by atoms with Gasteiger partial charge in [-0.05, 0) is 18.9 Å². The summed E-state index contributed by atoms with van der Waals surface area (Å²) in [6.07, 6.45) is 8.37. The summed E-state index contributed by atoms with van der Waals surface area (Å²) in [7, 11) is 0. The minimum Gasteiger partial charge on any atom is -0.503 e. The number of carboxylic acid groups (broad SMARTS) is 1. The molecule has 1 heterocycles. The SMILES string of the molecule is CCCCCC(O)/C=C/c1cc(OCCCC(=O)O)c(O)cn1.Cl. The molecular formula is C17H26ClNO5. The van der Waals surface area contributed by atoms with Crippen LogP contribution in [0.2, 0.25) is 0 Å². The van der Waals surface area contributed by atoms with Crippen LogP contribution in [0.1, 0.15) is 51.1 Å². The van der Waals surface area contributed by atoms with Gasteiger partial charge in [-0.25, -0.2) is 0 Å². The number of halogens is 1. The lowest BCUT2D eigenvalue weighted by atomic mass is 10.1. The number of aliphatic carboxylic acids is 1. The molecule has 1 atom stereocenters. The lowest BCUT2D eigenvalue weighted by Gasteiger charge is -2.08. The van der Waals surface area contributed by atoms with E-state index in [2.05, 4.69) is 11.9 Å².